The number of guanidine groups is 1. The Hall–Kier alpha value is -2.16. The van der Waals surface area contributed by atoms with Crippen LogP contribution in [0.4, 0.5) is 10.1 Å². The van der Waals surface area contributed by atoms with E-state index in [9.17, 15) is 9.18 Å². The van der Waals surface area contributed by atoms with E-state index in [0.717, 1.165) is 12.1 Å². The Labute approximate surface area is 170 Å². The number of rotatable bonds is 6. The predicted molar refractivity (Wildman–Crippen MR) is 115 cm³/mol. The van der Waals surface area contributed by atoms with Crippen LogP contribution < -0.4 is 16.4 Å². The molecule has 2 aromatic carbocycles. The molecule has 0 spiro atoms. The van der Waals surface area contributed by atoms with Gasteiger partial charge in [0.1, 0.15) is 5.82 Å². The van der Waals surface area contributed by atoms with Crippen molar-refractivity contribution in [1.29, 1.82) is 0 Å². The first-order chi connectivity index (χ1) is 12.0. The van der Waals surface area contributed by atoms with Crippen LogP contribution in [0.2, 0.25) is 0 Å². The summed E-state index contributed by atoms with van der Waals surface area (Å²) in [7, 11) is 0. The summed E-state index contributed by atoms with van der Waals surface area (Å²) in [4.78, 5) is 16.1. The Morgan fingerprint density at radius 3 is 2.69 bits per heavy atom. The average Bonchev–Trinajstić information content (AvgIpc) is 2.61. The Balaban J connectivity index is 0.00000338. The van der Waals surface area contributed by atoms with E-state index in [1.807, 2.05) is 24.3 Å². The van der Waals surface area contributed by atoms with Gasteiger partial charge in [0.2, 0.25) is 0 Å². The van der Waals surface area contributed by atoms with Gasteiger partial charge in [0.05, 0.1) is 6.54 Å². The second-order valence-corrected chi connectivity index (χ2v) is 5.67. The molecule has 0 unspecified atom stereocenters. The number of anilines is 1. The van der Waals surface area contributed by atoms with Gasteiger partial charge in [-0.15, -0.1) is 24.0 Å². The zero-order chi connectivity index (χ0) is 18.2. The van der Waals surface area contributed by atoms with Crippen LogP contribution >= 0.6 is 24.0 Å². The topological polar surface area (TPSA) is 79.5 Å². The standard InChI is InChI=1S/C19H23FN4O.HI/c1-3-14-5-4-6-16(11-14)24-19(21)23-10-9-22-18(25)15-8-7-13(2)17(20)12-15;/h4-8,11-12H,3,9-10H2,1-2H3,(H,22,25)(H3,21,23,24);1H. The van der Waals surface area contributed by atoms with E-state index >= 15 is 0 Å². The number of amides is 1. The minimum atomic E-state index is -0.395. The summed E-state index contributed by atoms with van der Waals surface area (Å²) in [6.07, 6.45) is 0.943. The number of carbonyl (C=O) groups is 1. The van der Waals surface area contributed by atoms with Crippen molar-refractivity contribution in [1.82, 2.24) is 5.32 Å². The molecular weight excluding hydrogens is 446 g/mol. The predicted octanol–water partition coefficient (Wildman–Crippen LogP) is 3.47. The molecule has 2 rings (SSSR count). The van der Waals surface area contributed by atoms with Gasteiger partial charge in [0.15, 0.2) is 5.96 Å². The summed E-state index contributed by atoms with van der Waals surface area (Å²) in [5.41, 5.74) is 8.71. The Bertz CT molecular complexity index is 780. The van der Waals surface area contributed by atoms with E-state index in [2.05, 4.69) is 22.5 Å². The number of hydrogen-bond acceptors (Lipinski definition) is 2. The molecule has 2 aromatic rings. The number of nitrogens with zero attached hydrogens (tertiary/aromatic N) is 1. The summed E-state index contributed by atoms with van der Waals surface area (Å²) in [5.74, 6) is -0.450. The van der Waals surface area contributed by atoms with Crippen LogP contribution in [-0.4, -0.2) is 25.0 Å². The molecule has 0 aromatic heterocycles. The third-order valence-electron chi connectivity index (χ3n) is 3.72. The fraction of sp³-hybridized carbons (Fsp3) is 0.263. The van der Waals surface area contributed by atoms with Crippen molar-refractivity contribution < 1.29 is 9.18 Å². The van der Waals surface area contributed by atoms with E-state index in [1.165, 1.54) is 11.6 Å². The fourth-order valence-electron chi connectivity index (χ4n) is 2.24. The molecule has 0 bridgehead atoms. The van der Waals surface area contributed by atoms with Crippen LogP contribution in [0.3, 0.4) is 0 Å². The minimum absolute atomic E-state index is 0. The van der Waals surface area contributed by atoms with E-state index in [-0.39, 0.29) is 41.4 Å². The Kier molecular flexibility index (Phi) is 9.04. The molecule has 26 heavy (non-hydrogen) atoms. The first kappa shape index (κ1) is 21.9. The lowest BCUT2D eigenvalue weighted by Gasteiger charge is -2.08. The second-order valence-electron chi connectivity index (χ2n) is 5.67. The monoisotopic (exact) mass is 470 g/mol. The van der Waals surface area contributed by atoms with Crippen LogP contribution in [0.5, 0.6) is 0 Å². The van der Waals surface area contributed by atoms with Crippen molar-refractivity contribution >= 4 is 41.5 Å². The third kappa shape index (κ3) is 6.62. The van der Waals surface area contributed by atoms with Crippen molar-refractivity contribution in [3.63, 3.8) is 0 Å². The minimum Gasteiger partial charge on any atom is -0.370 e. The molecule has 0 fully saturated rings. The fourth-order valence-corrected chi connectivity index (χ4v) is 2.24. The molecule has 0 saturated carbocycles. The normalized spacial score (nSPS) is 10.8. The molecular formula is C19H24FIN4O. The molecule has 5 nitrogen and oxygen atoms in total. The van der Waals surface area contributed by atoms with Crippen LogP contribution in [0.25, 0.3) is 0 Å². The summed E-state index contributed by atoms with van der Waals surface area (Å²) >= 11 is 0. The maximum Gasteiger partial charge on any atom is 0.251 e. The number of hydrogen-bond donors (Lipinski definition) is 3. The van der Waals surface area contributed by atoms with Gasteiger partial charge in [-0.1, -0.05) is 25.1 Å². The highest BCUT2D eigenvalue weighted by Crippen LogP contribution is 2.10. The van der Waals surface area contributed by atoms with Crippen molar-refractivity contribution in [2.45, 2.75) is 20.3 Å². The van der Waals surface area contributed by atoms with E-state index in [4.69, 9.17) is 5.73 Å². The van der Waals surface area contributed by atoms with E-state index in [1.54, 1.807) is 19.1 Å². The number of benzene rings is 2. The van der Waals surface area contributed by atoms with Crippen molar-refractivity contribution in [2.75, 3.05) is 18.4 Å². The highest BCUT2D eigenvalue weighted by molar-refractivity contribution is 14.0. The lowest BCUT2D eigenvalue weighted by Crippen LogP contribution is -2.28. The molecule has 0 aliphatic rings. The van der Waals surface area contributed by atoms with Gasteiger partial charge in [-0.3, -0.25) is 9.79 Å². The molecule has 0 heterocycles. The number of carbonyl (C=O) groups excluding carboxylic acids is 1. The number of aryl methyl sites for hydroxylation is 2. The summed E-state index contributed by atoms with van der Waals surface area (Å²) in [6, 6.07) is 12.3. The van der Waals surface area contributed by atoms with Crippen LogP contribution in [-0.2, 0) is 6.42 Å². The molecule has 7 heteroatoms. The smallest absolute Gasteiger partial charge is 0.251 e. The van der Waals surface area contributed by atoms with E-state index < -0.39 is 5.82 Å². The zero-order valence-corrected chi connectivity index (χ0v) is 17.2. The third-order valence-corrected chi connectivity index (χ3v) is 3.72. The molecule has 0 atom stereocenters. The first-order valence-corrected chi connectivity index (χ1v) is 8.20. The molecule has 0 saturated heterocycles. The average molecular weight is 470 g/mol. The Morgan fingerprint density at radius 1 is 1.23 bits per heavy atom. The lowest BCUT2D eigenvalue weighted by molar-refractivity contribution is 0.0954. The second kappa shape index (κ2) is 10.7. The molecule has 4 N–H and O–H groups in total. The quantitative estimate of drug-likeness (QED) is 0.262. The molecule has 1 amide bonds. The highest BCUT2D eigenvalue weighted by atomic mass is 127. The van der Waals surface area contributed by atoms with Crippen LogP contribution in [0.1, 0.15) is 28.4 Å². The number of nitrogens with two attached hydrogens (primary N) is 1. The van der Waals surface area contributed by atoms with Crippen LogP contribution in [0.15, 0.2) is 47.5 Å². The summed E-state index contributed by atoms with van der Waals surface area (Å²) in [6.45, 7) is 4.37. The van der Waals surface area contributed by atoms with Crippen molar-refractivity contribution in [3.8, 4) is 0 Å². The number of halogens is 2. The van der Waals surface area contributed by atoms with Gasteiger partial charge < -0.3 is 16.4 Å². The van der Waals surface area contributed by atoms with Crippen molar-refractivity contribution in [3.05, 3.63) is 65.0 Å². The first-order valence-electron chi connectivity index (χ1n) is 8.20. The van der Waals surface area contributed by atoms with Crippen LogP contribution in [0, 0.1) is 12.7 Å². The molecule has 0 aliphatic carbocycles. The lowest BCUT2D eigenvalue weighted by atomic mass is 10.1. The van der Waals surface area contributed by atoms with Gasteiger partial charge in [0, 0.05) is 17.8 Å². The van der Waals surface area contributed by atoms with Gasteiger partial charge in [-0.05, 0) is 48.7 Å². The largest absolute Gasteiger partial charge is 0.370 e. The van der Waals surface area contributed by atoms with Gasteiger partial charge >= 0.3 is 0 Å². The van der Waals surface area contributed by atoms with Crippen molar-refractivity contribution in [2.24, 2.45) is 10.7 Å². The van der Waals surface area contributed by atoms with Gasteiger partial charge in [-0.25, -0.2) is 4.39 Å². The number of nitrogens with one attached hydrogen (secondary N) is 2. The van der Waals surface area contributed by atoms with Gasteiger partial charge in [-0.2, -0.15) is 0 Å². The molecule has 0 aliphatic heterocycles. The maximum atomic E-state index is 13.5. The zero-order valence-electron chi connectivity index (χ0n) is 14.9. The SMILES string of the molecule is CCc1cccc(NC(N)=NCCNC(=O)c2ccc(C)c(F)c2)c1.I. The molecule has 140 valence electrons. The summed E-state index contributed by atoms with van der Waals surface area (Å²) in [5, 5.41) is 5.70. The number of aliphatic imine (C=N–C) groups is 1. The van der Waals surface area contributed by atoms with Gasteiger partial charge in [0.25, 0.3) is 5.91 Å². The highest BCUT2D eigenvalue weighted by Gasteiger charge is 2.07. The summed E-state index contributed by atoms with van der Waals surface area (Å²) < 4.78 is 13.5. The Morgan fingerprint density at radius 2 is 2.00 bits per heavy atom. The molecule has 0 radical (unpaired) electrons. The maximum absolute atomic E-state index is 13.5. The van der Waals surface area contributed by atoms with E-state index in [0.29, 0.717) is 18.7 Å².